The summed E-state index contributed by atoms with van der Waals surface area (Å²) >= 11 is 11.7. The highest BCUT2D eigenvalue weighted by atomic mass is 35.5. The third-order valence-corrected chi connectivity index (χ3v) is 5.29. The van der Waals surface area contributed by atoms with Gasteiger partial charge in [0.25, 0.3) is 0 Å². The van der Waals surface area contributed by atoms with Gasteiger partial charge in [-0.15, -0.1) is 0 Å². The molecule has 27 heavy (non-hydrogen) atoms. The van der Waals surface area contributed by atoms with Crippen LogP contribution in [0.3, 0.4) is 0 Å². The van der Waals surface area contributed by atoms with Gasteiger partial charge in [-0.3, -0.25) is 4.98 Å². The average Bonchev–Trinajstić information content (AvgIpc) is 3.27. The van der Waals surface area contributed by atoms with E-state index in [1.165, 1.54) is 0 Å². The number of hydrogen-bond acceptors (Lipinski definition) is 3. The lowest BCUT2D eigenvalue weighted by atomic mass is 10.0. The van der Waals surface area contributed by atoms with Gasteiger partial charge >= 0.3 is 0 Å². The second-order valence-corrected chi connectivity index (χ2v) is 7.59. The topological polar surface area (TPSA) is 46.0 Å². The smallest absolute Gasteiger partial charge is 0.170 e. The molecular weight excluding hydrogens is 378 g/mol. The number of aromatic nitrogens is 3. The second kappa shape index (κ2) is 7.29. The van der Waals surface area contributed by atoms with Gasteiger partial charge in [0.2, 0.25) is 0 Å². The largest absolute Gasteiger partial charge is 0.352 e. The van der Waals surface area contributed by atoms with Crippen molar-refractivity contribution < 1.29 is 0 Å². The molecule has 0 amide bonds. The third kappa shape index (κ3) is 3.31. The Balaban J connectivity index is 1.82. The van der Waals surface area contributed by atoms with Crippen molar-refractivity contribution in [2.45, 2.75) is 32.0 Å². The fraction of sp³-hybridized carbons (Fsp3) is 0.250. The first-order valence-electron chi connectivity index (χ1n) is 8.85. The highest BCUT2D eigenvalue weighted by Gasteiger charge is 2.42. The number of pyridine rings is 2. The minimum atomic E-state index is -0.0398. The van der Waals surface area contributed by atoms with E-state index in [1.807, 2.05) is 48.8 Å². The number of hydrogen-bond donors (Lipinski definition) is 1. The molecular formula is C20H20ClN5S. The molecule has 4 heterocycles. The number of nitrogens with zero attached hydrogens (tertiary/aromatic N) is 4. The normalized spacial score (nSPS) is 19.6. The Morgan fingerprint density at radius 2 is 1.96 bits per heavy atom. The van der Waals surface area contributed by atoms with Crippen molar-refractivity contribution in [1.29, 1.82) is 0 Å². The van der Waals surface area contributed by atoms with E-state index in [0.29, 0.717) is 5.02 Å². The minimum absolute atomic E-state index is 0.000113. The summed E-state index contributed by atoms with van der Waals surface area (Å²) in [5.74, 6) is 0.820. The summed E-state index contributed by atoms with van der Waals surface area (Å²) in [7, 11) is 0. The maximum Gasteiger partial charge on any atom is 0.170 e. The monoisotopic (exact) mass is 397 g/mol. The van der Waals surface area contributed by atoms with E-state index in [0.717, 1.165) is 22.3 Å². The van der Waals surface area contributed by atoms with E-state index >= 15 is 0 Å². The van der Waals surface area contributed by atoms with Crippen molar-refractivity contribution >= 4 is 28.9 Å². The zero-order valence-corrected chi connectivity index (χ0v) is 16.7. The van der Waals surface area contributed by atoms with E-state index in [9.17, 15) is 0 Å². The number of rotatable bonds is 4. The first kappa shape index (κ1) is 17.9. The molecule has 138 valence electrons. The van der Waals surface area contributed by atoms with Crippen LogP contribution >= 0.6 is 23.8 Å². The van der Waals surface area contributed by atoms with Gasteiger partial charge in [0.1, 0.15) is 5.82 Å². The average molecular weight is 398 g/mol. The van der Waals surface area contributed by atoms with Crippen molar-refractivity contribution in [2.75, 3.05) is 0 Å². The van der Waals surface area contributed by atoms with Crippen molar-refractivity contribution in [3.63, 3.8) is 0 Å². The first-order valence-corrected chi connectivity index (χ1v) is 9.64. The molecule has 7 heteroatoms. The highest BCUT2D eigenvalue weighted by molar-refractivity contribution is 7.80. The maximum atomic E-state index is 6.01. The van der Waals surface area contributed by atoms with E-state index in [-0.39, 0.29) is 18.1 Å². The molecule has 0 spiro atoms. The lowest BCUT2D eigenvalue weighted by Crippen LogP contribution is -2.36. The van der Waals surface area contributed by atoms with Crippen LogP contribution < -0.4 is 5.32 Å². The van der Waals surface area contributed by atoms with Gasteiger partial charge in [0.15, 0.2) is 5.11 Å². The highest BCUT2D eigenvalue weighted by Crippen LogP contribution is 2.40. The molecule has 4 rings (SSSR count). The second-order valence-electron chi connectivity index (χ2n) is 6.77. The third-order valence-electron chi connectivity index (χ3n) is 4.73. The van der Waals surface area contributed by atoms with Gasteiger partial charge < -0.3 is 14.8 Å². The minimum Gasteiger partial charge on any atom is -0.352 e. The molecule has 1 N–H and O–H groups in total. The van der Waals surface area contributed by atoms with Gasteiger partial charge in [-0.25, -0.2) is 4.98 Å². The van der Waals surface area contributed by atoms with Crippen LogP contribution in [0.4, 0.5) is 0 Å². The van der Waals surface area contributed by atoms with Crippen LogP contribution in [-0.2, 0) is 0 Å². The Hall–Kier alpha value is -2.44. The van der Waals surface area contributed by atoms with Crippen LogP contribution in [0.2, 0.25) is 5.02 Å². The van der Waals surface area contributed by atoms with Crippen LogP contribution in [-0.4, -0.2) is 30.6 Å². The predicted octanol–water partition coefficient (Wildman–Crippen LogP) is 4.30. The zero-order chi connectivity index (χ0) is 19.0. The molecule has 2 atom stereocenters. The summed E-state index contributed by atoms with van der Waals surface area (Å²) in [4.78, 5) is 11.3. The number of thiocarbonyl (C=S) groups is 1. The summed E-state index contributed by atoms with van der Waals surface area (Å²) in [5.41, 5.74) is 2.06. The molecule has 1 saturated heterocycles. The molecule has 0 aromatic carbocycles. The van der Waals surface area contributed by atoms with Crippen LogP contribution in [0.5, 0.6) is 0 Å². The molecule has 0 aliphatic carbocycles. The fourth-order valence-electron chi connectivity index (χ4n) is 3.59. The Morgan fingerprint density at radius 1 is 1.11 bits per heavy atom. The van der Waals surface area contributed by atoms with Gasteiger partial charge in [0, 0.05) is 30.3 Å². The van der Waals surface area contributed by atoms with Crippen LogP contribution in [0.1, 0.15) is 37.3 Å². The summed E-state index contributed by atoms with van der Waals surface area (Å²) in [6.07, 6.45) is 5.49. The lowest BCUT2D eigenvalue weighted by Gasteiger charge is -2.31. The van der Waals surface area contributed by atoms with Gasteiger partial charge in [-0.1, -0.05) is 17.7 Å². The molecule has 0 bridgehead atoms. The molecule has 5 nitrogen and oxygen atoms in total. The maximum absolute atomic E-state index is 6.01. The van der Waals surface area contributed by atoms with Crippen LogP contribution in [0.25, 0.3) is 5.82 Å². The van der Waals surface area contributed by atoms with Gasteiger partial charge in [0.05, 0.1) is 22.8 Å². The number of nitrogens with one attached hydrogen (secondary N) is 1. The van der Waals surface area contributed by atoms with E-state index < -0.39 is 0 Å². The number of halogens is 1. The zero-order valence-electron chi connectivity index (χ0n) is 15.1. The SMILES string of the molecule is CC(C)N1C(=S)N[C@H](c2ccccn2)[C@@H]1c1cccn1-c1ccc(Cl)cn1. The molecule has 1 aliphatic rings. The molecule has 3 aromatic rings. The molecule has 3 aromatic heterocycles. The van der Waals surface area contributed by atoms with Gasteiger partial charge in [-0.2, -0.15) is 0 Å². The van der Waals surface area contributed by atoms with Crippen LogP contribution in [0, 0.1) is 0 Å². The molecule has 0 saturated carbocycles. The van der Waals surface area contributed by atoms with Crippen molar-refractivity contribution in [2.24, 2.45) is 0 Å². The van der Waals surface area contributed by atoms with Crippen molar-refractivity contribution in [3.05, 3.63) is 77.5 Å². The Kier molecular flexibility index (Phi) is 4.85. The van der Waals surface area contributed by atoms with E-state index in [1.54, 1.807) is 6.20 Å². The molecule has 1 fully saturated rings. The first-order chi connectivity index (χ1) is 13.1. The summed E-state index contributed by atoms with van der Waals surface area (Å²) in [6.45, 7) is 4.30. The quantitative estimate of drug-likeness (QED) is 0.665. The lowest BCUT2D eigenvalue weighted by molar-refractivity contribution is 0.262. The summed E-state index contributed by atoms with van der Waals surface area (Å²) in [6, 6.07) is 14.1. The molecule has 0 radical (unpaired) electrons. The van der Waals surface area contributed by atoms with Crippen molar-refractivity contribution in [1.82, 2.24) is 24.8 Å². The van der Waals surface area contributed by atoms with Crippen LogP contribution in [0.15, 0.2) is 61.1 Å². The Bertz CT molecular complexity index is 939. The standard InChI is InChI=1S/C20H20ClN5S/c1-13(2)26-19(18(24-20(26)27)15-6-3-4-10-22-15)16-7-5-11-25(16)17-9-8-14(21)12-23-17/h3-13,18-19H,1-2H3,(H,24,27)/t18-,19+/m1/s1. The summed E-state index contributed by atoms with van der Waals surface area (Å²) < 4.78 is 2.09. The Labute approximate surface area is 169 Å². The predicted molar refractivity (Wildman–Crippen MR) is 111 cm³/mol. The van der Waals surface area contributed by atoms with Crippen molar-refractivity contribution in [3.8, 4) is 5.82 Å². The van der Waals surface area contributed by atoms with E-state index in [4.69, 9.17) is 23.8 Å². The fourth-order valence-corrected chi connectivity index (χ4v) is 4.16. The summed E-state index contributed by atoms with van der Waals surface area (Å²) in [5, 5.41) is 4.82. The van der Waals surface area contributed by atoms with E-state index in [2.05, 4.69) is 44.7 Å². The molecule has 1 aliphatic heterocycles. The van der Waals surface area contributed by atoms with Gasteiger partial charge in [-0.05, 0) is 62.5 Å². The Morgan fingerprint density at radius 3 is 2.63 bits per heavy atom. The molecule has 0 unspecified atom stereocenters.